The summed E-state index contributed by atoms with van der Waals surface area (Å²) in [5, 5.41) is 6.92. The van der Waals surface area contributed by atoms with Gasteiger partial charge in [-0.05, 0) is 25.1 Å². The second-order valence-corrected chi connectivity index (χ2v) is 3.71. The number of hydrogen-bond donors (Lipinski definition) is 1. The van der Waals surface area contributed by atoms with E-state index in [2.05, 4.69) is 10.4 Å². The number of benzene rings is 1. The third kappa shape index (κ3) is 2.51. The van der Waals surface area contributed by atoms with Gasteiger partial charge in [0.05, 0.1) is 12.8 Å². The van der Waals surface area contributed by atoms with Crippen LogP contribution in [0.4, 0.5) is 5.69 Å². The first-order valence-corrected chi connectivity index (χ1v) is 5.72. The minimum Gasteiger partial charge on any atom is -0.495 e. The van der Waals surface area contributed by atoms with Crippen LogP contribution in [0.1, 0.15) is 17.4 Å². The van der Waals surface area contributed by atoms with E-state index in [9.17, 15) is 4.79 Å². The van der Waals surface area contributed by atoms with E-state index in [0.717, 1.165) is 6.54 Å². The number of nitrogens with one attached hydrogen (secondary N) is 1. The van der Waals surface area contributed by atoms with Crippen molar-refractivity contribution in [3.05, 3.63) is 42.2 Å². The maximum Gasteiger partial charge on any atom is 0.276 e. The number of ether oxygens (including phenoxy) is 1. The van der Waals surface area contributed by atoms with Crippen molar-refractivity contribution in [1.82, 2.24) is 9.78 Å². The van der Waals surface area contributed by atoms with Crippen LogP contribution in [-0.2, 0) is 6.54 Å². The van der Waals surface area contributed by atoms with Gasteiger partial charge in [0.15, 0.2) is 5.69 Å². The van der Waals surface area contributed by atoms with E-state index >= 15 is 0 Å². The minimum atomic E-state index is -0.244. The van der Waals surface area contributed by atoms with Crippen molar-refractivity contribution in [2.45, 2.75) is 13.5 Å². The van der Waals surface area contributed by atoms with Gasteiger partial charge in [-0.25, -0.2) is 0 Å². The maximum absolute atomic E-state index is 12.0. The SMILES string of the molecule is CCn1ccc(C(=O)Nc2ccccc2OC)n1. The fourth-order valence-electron chi connectivity index (χ4n) is 1.59. The van der Waals surface area contributed by atoms with Crippen LogP contribution in [0.3, 0.4) is 0 Å². The van der Waals surface area contributed by atoms with E-state index in [1.165, 1.54) is 0 Å². The molecule has 0 aliphatic rings. The van der Waals surface area contributed by atoms with Crippen LogP contribution in [-0.4, -0.2) is 22.8 Å². The van der Waals surface area contributed by atoms with Gasteiger partial charge in [0, 0.05) is 12.7 Å². The van der Waals surface area contributed by atoms with Gasteiger partial charge >= 0.3 is 0 Å². The quantitative estimate of drug-likeness (QED) is 0.898. The number of nitrogens with zero attached hydrogens (tertiary/aromatic N) is 2. The molecule has 0 fully saturated rings. The van der Waals surface area contributed by atoms with E-state index in [4.69, 9.17) is 4.74 Å². The Bertz CT molecular complexity index is 549. The molecule has 5 heteroatoms. The molecule has 2 rings (SSSR count). The predicted octanol–water partition coefficient (Wildman–Crippen LogP) is 2.16. The average Bonchev–Trinajstić information content (AvgIpc) is 2.88. The number of amides is 1. The molecule has 0 saturated heterocycles. The highest BCUT2D eigenvalue weighted by atomic mass is 16.5. The standard InChI is InChI=1S/C13H15N3O2/c1-3-16-9-8-11(15-16)13(17)14-10-6-4-5-7-12(10)18-2/h4-9H,3H2,1-2H3,(H,14,17). The van der Waals surface area contributed by atoms with Crippen molar-refractivity contribution in [2.75, 3.05) is 12.4 Å². The molecule has 1 aromatic carbocycles. The predicted molar refractivity (Wildman–Crippen MR) is 68.8 cm³/mol. The second kappa shape index (κ2) is 5.35. The number of aryl methyl sites for hydroxylation is 1. The lowest BCUT2D eigenvalue weighted by Crippen LogP contribution is -2.13. The topological polar surface area (TPSA) is 56.2 Å². The molecule has 1 N–H and O–H groups in total. The number of carbonyl (C=O) groups is 1. The molecule has 0 spiro atoms. The average molecular weight is 245 g/mol. The zero-order chi connectivity index (χ0) is 13.0. The van der Waals surface area contributed by atoms with Gasteiger partial charge in [0.1, 0.15) is 5.75 Å². The summed E-state index contributed by atoms with van der Waals surface area (Å²) in [6.45, 7) is 2.71. The fraction of sp³-hybridized carbons (Fsp3) is 0.231. The third-order valence-electron chi connectivity index (χ3n) is 2.55. The van der Waals surface area contributed by atoms with Crippen molar-refractivity contribution < 1.29 is 9.53 Å². The summed E-state index contributed by atoms with van der Waals surface area (Å²) >= 11 is 0. The lowest BCUT2D eigenvalue weighted by Gasteiger charge is -2.08. The summed E-state index contributed by atoms with van der Waals surface area (Å²) in [5.41, 5.74) is 1.03. The van der Waals surface area contributed by atoms with E-state index < -0.39 is 0 Å². The Balaban J connectivity index is 2.16. The summed E-state index contributed by atoms with van der Waals surface area (Å²) in [6, 6.07) is 8.95. The molecule has 0 saturated carbocycles. The summed E-state index contributed by atoms with van der Waals surface area (Å²) in [5.74, 6) is 0.382. The van der Waals surface area contributed by atoms with Gasteiger partial charge in [-0.1, -0.05) is 12.1 Å². The van der Waals surface area contributed by atoms with Crippen LogP contribution in [0, 0.1) is 0 Å². The third-order valence-corrected chi connectivity index (χ3v) is 2.55. The second-order valence-electron chi connectivity index (χ2n) is 3.71. The van der Waals surface area contributed by atoms with E-state index in [1.807, 2.05) is 19.1 Å². The molecule has 0 unspecified atom stereocenters. The van der Waals surface area contributed by atoms with Gasteiger partial charge in [-0.15, -0.1) is 0 Å². The summed E-state index contributed by atoms with van der Waals surface area (Å²) in [7, 11) is 1.57. The lowest BCUT2D eigenvalue weighted by atomic mass is 10.3. The molecule has 1 heterocycles. The first kappa shape index (κ1) is 12.2. The zero-order valence-electron chi connectivity index (χ0n) is 10.4. The normalized spacial score (nSPS) is 10.1. The maximum atomic E-state index is 12.0. The molecule has 0 aliphatic heterocycles. The molecule has 2 aromatic rings. The van der Waals surface area contributed by atoms with Crippen LogP contribution in [0.2, 0.25) is 0 Å². The van der Waals surface area contributed by atoms with E-state index in [0.29, 0.717) is 17.1 Å². The molecular formula is C13H15N3O2. The van der Waals surface area contributed by atoms with Crippen LogP contribution < -0.4 is 10.1 Å². The van der Waals surface area contributed by atoms with Crippen molar-refractivity contribution in [1.29, 1.82) is 0 Å². The summed E-state index contributed by atoms with van der Waals surface area (Å²) < 4.78 is 6.87. The number of anilines is 1. The smallest absolute Gasteiger partial charge is 0.276 e. The number of carbonyl (C=O) groups excluding carboxylic acids is 1. The first-order valence-electron chi connectivity index (χ1n) is 5.72. The van der Waals surface area contributed by atoms with Crippen molar-refractivity contribution in [3.8, 4) is 5.75 Å². The minimum absolute atomic E-state index is 0.244. The number of methoxy groups -OCH3 is 1. The van der Waals surface area contributed by atoms with Crippen LogP contribution in [0.25, 0.3) is 0 Å². The number of aromatic nitrogens is 2. The molecule has 0 aliphatic carbocycles. The Morgan fingerprint density at radius 1 is 1.39 bits per heavy atom. The van der Waals surface area contributed by atoms with Crippen LogP contribution >= 0.6 is 0 Å². The Morgan fingerprint density at radius 2 is 2.17 bits per heavy atom. The van der Waals surface area contributed by atoms with E-state index in [-0.39, 0.29) is 5.91 Å². The van der Waals surface area contributed by atoms with Crippen LogP contribution in [0.15, 0.2) is 36.5 Å². The zero-order valence-corrected chi connectivity index (χ0v) is 10.4. The number of hydrogen-bond acceptors (Lipinski definition) is 3. The molecule has 0 atom stereocenters. The van der Waals surface area contributed by atoms with E-state index in [1.54, 1.807) is 36.2 Å². The van der Waals surface area contributed by atoms with Gasteiger partial charge in [-0.2, -0.15) is 5.10 Å². The number of para-hydroxylation sites is 2. The monoisotopic (exact) mass is 245 g/mol. The van der Waals surface area contributed by atoms with Crippen molar-refractivity contribution in [2.24, 2.45) is 0 Å². The Labute approximate surface area is 105 Å². The number of rotatable bonds is 4. The summed E-state index contributed by atoms with van der Waals surface area (Å²) in [4.78, 5) is 12.0. The summed E-state index contributed by atoms with van der Waals surface area (Å²) in [6.07, 6.45) is 1.77. The largest absolute Gasteiger partial charge is 0.495 e. The fourth-order valence-corrected chi connectivity index (χ4v) is 1.59. The molecule has 5 nitrogen and oxygen atoms in total. The van der Waals surface area contributed by atoms with Crippen LogP contribution in [0.5, 0.6) is 5.75 Å². The van der Waals surface area contributed by atoms with Gasteiger partial charge in [0.25, 0.3) is 5.91 Å². The molecular weight excluding hydrogens is 230 g/mol. The molecule has 0 bridgehead atoms. The van der Waals surface area contributed by atoms with Gasteiger partial charge < -0.3 is 10.1 Å². The molecule has 1 aromatic heterocycles. The highest BCUT2D eigenvalue weighted by Crippen LogP contribution is 2.23. The van der Waals surface area contributed by atoms with Crippen molar-refractivity contribution >= 4 is 11.6 Å². The van der Waals surface area contributed by atoms with Gasteiger partial charge in [-0.3, -0.25) is 9.48 Å². The Morgan fingerprint density at radius 3 is 2.83 bits per heavy atom. The molecule has 18 heavy (non-hydrogen) atoms. The Hall–Kier alpha value is -2.30. The van der Waals surface area contributed by atoms with Crippen molar-refractivity contribution in [3.63, 3.8) is 0 Å². The lowest BCUT2D eigenvalue weighted by molar-refractivity contribution is 0.102. The molecule has 94 valence electrons. The highest BCUT2D eigenvalue weighted by molar-refractivity contribution is 6.03. The van der Waals surface area contributed by atoms with Gasteiger partial charge in [0.2, 0.25) is 0 Å². The first-order chi connectivity index (χ1) is 8.74. The molecule has 0 radical (unpaired) electrons. The molecule has 1 amide bonds. The Kier molecular flexibility index (Phi) is 3.62. The highest BCUT2D eigenvalue weighted by Gasteiger charge is 2.11.